The van der Waals surface area contributed by atoms with E-state index in [2.05, 4.69) is 17.4 Å². The molecule has 6 heteroatoms. The number of phenolic OH excluding ortho intramolecular Hbond substituents is 1. The van der Waals surface area contributed by atoms with Gasteiger partial charge in [-0.15, -0.1) is 0 Å². The minimum Gasteiger partial charge on any atom is -0.508 e. The molecule has 6 nitrogen and oxygen atoms in total. The van der Waals surface area contributed by atoms with Crippen LogP contribution in [0.5, 0.6) is 5.75 Å². The second-order valence-corrected chi connectivity index (χ2v) is 8.89. The van der Waals surface area contributed by atoms with Crippen molar-refractivity contribution in [3.63, 3.8) is 0 Å². The maximum absolute atomic E-state index is 13.4. The van der Waals surface area contributed by atoms with Gasteiger partial charge < -0.3 is 20.2 Å². The van der Waals surface area contributed by atoms with Gasteiger partial charge in [-0.05, 0) is 60.9 Å². The van der Waals surface area contributed by atoms with Crippen LogP contribution in [0.2, 0.25) is 0 Å². The Morgan fingerprint density at radius 3 is 2.81 bits per heavy atom. The van der Waals surface area contributed by atoms with Gasteiger partial charge in [-0.25, -0.2) is 4.79 Å². The van der Waals surface area contributed by atoms with E-state index in [-0.39, 0.29) is 35.7 Å². The van der Waals surface area contributed by atoms with E-state index in [9.17, 15) is 14.7 Å². The lowest BCUT2D eigenvalue weighted by Crippen LogP contribution is -2.61. The monoisotopic (exact) mass is 419 g/mol. The first-order valence-corrected chi connectivity index (χ1v) is 11.3. The highest BCUT2D eigenvalue weighted by molar-refractivity contribution is 5.83. The first kappa shape index (κ1) is 19.9. The molecule has 0 bridgehead atoms. The number of nitrogens with zero attached hydrogens (tertiary/aromatic N) is 2. The molecule has 0 spiro atoms. The third kappa shape index (κ3) is 3.75. The summed E-state index contributed by atoms with van der Waals surface area (Å²) in [7, 11) is 0. The zero-order valence-electron chi connectivity index (χ0n) is 17.7. The number of carbonyl (C=O) groups excluding carboxylic acids is 2. The molecule has 3 aliphatic rings. The summed E-state index contributed by atoms with van der Waals surface area (Å²) < 4.78 is 0. The average molecular weight is 420 g/mol. The third-order valence-electron chi connectivity index (χ3n) is 7.12. The number of fused-ring (bicyclic) bond motifs is 4. The van der Waals surface area contributed by atoms with Gasteiger partial charge in [0.05, 0.1) is 12.0 Å². The second-order valence-electron chi connectivity index (χ2n) is 8.89. The molecule has 0 aliphatic carbocycles. The maximum Gasteiger partial charge on any atom is 0.317 e. The number of phenols is 1. The molecule has 0 unspecified atom stereocenters. The first-order valence-electron chi connectivity index (χ1n) is 11.3. The van der Waals surface area contributed by atoms with E-state index in [4.69, 9.17) is 0 Å². The van der Waals surface area contributed by atoms with Gasteiger partial charge in [0.25, 0.3) is 0 Å². The number of aromatic hydroxyl groups is 1. The fraction of sp³-hybridized carbons (Fsp3) is 0.440. The van der Waals surface area contributed by atoms with Crippen LogP contribution in [0.1, 0.15) is 42.0 Å². The third-order valence-corrected chi connectivity index (χ3v) is 7.12. The summed E-state index contributed by atoms with van der Waals surface area (Å²) in [6.07, 6.45) is 4.04. The van der Waals surface area contributed by atoms with Crippen molar-refractivity contribution in [2.24, 2.45) is 5.92 Å². The van der Waals surface area contributed by atoms with Gasteiger partial charge in [0.2, 0.25) is 5.91 Å². The molecule has 2 fully saturated rings. The number of hydrogen-bond donors (Lipinski definition) is 2. The molecular formula is C25H29N3O3. The molecule has 162 valence electrons. The number of amides is 3. The first-order chi connectivity index (χ1) is 15.1. The highest BCUT2D eigenvalue weighted by Gasteiger charge is 2.48. The molecule has 0 radical (unpaired) electrons. The lowest BCUT2D eigenvalue weighted by Gasteiger charge is -2.51. The largest absolute Gasteiger partial charge is 0.508 e. The number of benzene rings is 2. The van der Waals surface area contributed by atoms with E-state index < -0.39 is 0 Å². The zero-order valence-corrected chi connectivity index (χ0v) is 17.7. The number of piperidine rings is 2. The molecule has 31 heavy (non-hydrogen) atoms. The molecule has 2 saturated heterocycles. The summed E-state index contributed by atoms with van der Waals surface area (Å²) in [6.45, 7) is 1.97. The van der Waals surface area contributed by atoms with Crippen molar-refractivity contribution in [1.82, 2.24) is 15.1 Å². The van der Waals surface area contributed by atoms with Crippen LogP contribution in [0.4, 0.5) is 4.79 Å². The number of hydrogen-bond acceptors (Lipinski definition) is 3. The molecule has 3 heterocycles. The molecule has 3 aliphatic heterocycles. The minimum absolute atomic E-state index is 0.0178. The summed E-state index contributed by atoms with van der Waals surface area (Å²) in [5, 5.41) is 12.9. The van der Waals surface area contributed by atoms with Crippen molar-refractivity contribution in [3.05, 3.63) is 65.2 Å². The van der Waals surface area contributed by atoms with Crippen molar-refractivity contribution >= 4 is 11.9 Å². The van der Waals surface area contributed by atoms with Crippen molar-refractivity contribution in [2.45, 2.75) is 44.2 Å². The Kier molecular flexibility index (Phi) is 5.30. The summed E-state index contributed by atoms with van der Waals surface area (Å²) in [4.78, 5) is 30.3. The van der Waals surface area contributed by atoms with Crippen LogP contribution >= 0.6 is 0 Å². The Balaban J connectivity index is 1.31. The van der Waals surface area contributed by atoms with Crippen LogP contribution in [-0.4, -0.2) is 52.5 Å². The summed E-state index contributed by atoms with van der Waals surface area (Å²) >= 11 is 0. The smallest absolute Gasteiger partial charge is 0.317 e. The topological polar surface area (TPSA) is 72.9 Å². The van der Waals surface area contributed by atoms with E-state index in [0.29, 0.717) is 19.6 Å². The van der Waals surface area contributed by atoms with Crippen LogP contribution in [0, 0.1) is 5.92 Å². The highest BCUT2D eigenvalue weighted by atomic mass is 16.3. The molecular weight excluding hydrogens is 390 g/mol. The predicted molar refractivity (Wildman–Crippen MR) is 118 cm³/mol. The zero-order chi connectivity index (χ0) is 21.4. The van der Waals surface area contributed by atoms with Gasteiger partial charge in [-0.3, -0.25) is 4.79 Å². The summed E-state index contributed by atoms with van der Waals surface area (Å²) in [6, 6.07) is 15.5. The minimum atomic E-state index is -0.108. The number of rotatable bonds is 3. The average Bonchev–Trinajstić information content (AvgIpc) is 2.79. The van der Waals surface area contributed by atoms with Gasteiger partial charge in [0, 0.05) is 25.7 Å². The molecule has 3 amide bonds. The standard InChI is InChI=1S/C25H29N3O3/c29-19-8-9-20-18(15-19)11-14-27-22(20)16-23-21(24(27)30)7-4-13-28(23)25(31)26-12-10-17-5-2-1-3-6-17/h1-3,5-6,8-9,15,21-23,29H,4,7,10-14,16H2,(H,26,31)/t21-,22+,23-/m1/s1. The summed E-state index contributed by atoms with van der Waals surface area (Å²) in [5.41, 5.74) is 3.43. The van der Waals surface area contributed by atoms with Crippen molar-refractivity contribution in [3.8, 4) is 5.75 Å². The van der Waals surface area contributed by atoms with Crippen LogP contribution < -0.4 is 5.32 Å². The lowest BCUT2D eigenvalue weighted by atomic mass is 9.76. The van der Waals surface area contributed by atoms with Gasteiger partial charge >= 0.3 is 6.03 Å². The molecule has 5 rings (SSSR count). The molecule has 2 aromatic rings. The summed E-state index contributed by atoms with van der Waals surface area (Å²) in [5.74, 6) is 0.342. The van der Waals surface area contributed by atoms with E-state index in [1.165, 1.54) is 5.56 Å². The number of likely N-dealkylation sites (tertiary alicyclic amines) is 1. The van der Waals surface area contributed by atoms with Crippen LogP contribution in [0.15, 0.2) is 48.5 Å². The number of carbonyl (C=O) groups is 2. The maximum atomic E-state index is 13.4. The van der Waals surface area contributed by atoms with Gasteiger partial charge in [-0.1, -0.05) is 36.4 Å². The van der Waals surface area contributed by atoms with Gasteiger partial charge in [0.1, 0.15) is 5.75 Å². The van der Waals surface area contributed by atoms with Gasteiger partial charge in [-0.2, -0.15) is 0 Å². The van der Waals surface area contributed by atoms with Crippen molar-refractivity contribution in [2.75, 3.05) is 19.6 Å². The molecule has 3 atom stereocenters. The second kappa shape index (κ2) is 8.25. The quantitative estimate of drug-likeness (QED) is 0.802. The molecule has 2 N–H and O–H groups in total. The van der Waals surface area contributed by atoms with E-state index in [1.54, 1.807) is 6.07 Å². The SMILES string of the molecule is O=C(NCCc1ccccc1)N1CCC[C@H]2C(=O)N3CCc4cc(O)ccc4[C@@H]3C[C@H]21. The van der Waals surface area contributed by atoms with Crippen LogP contribution in [-0.2, 0) is 17.6 Å². The number of nitrogens with one attached hydrogen (secondary N) is 1. The molecule has 0 saturated carbocycles. The predicted octanol–water partition coefficient (Wildman–Crippen LogP) is 3.25. The van der Waals surface area contributed by atoms with Gasteiger partial charge in [0.15, 0.2) is 0 Å². The fourth-order valence-electron chi connectivity index (χ4n) is 5.61. The van der Waals surface area contributed by atoms with E-state index >= 15 is 0 Å². The molecule has 0 aromatic heterocycles. The Bertz CT molecular complexity index is 977. The van der Waals surface area contributed by atoms with Crippen LogP contribution in [0.25, 0.3) is 0 Å². The Morgan fingerprint density at radius 2 is 1.97 bits per heavy atom. The van der Waals surface area contributed by atoms with Crippen molar-refractivity contribution in [1.29, 1.82) is 0 Å². The van der Waals surface area contributed by atoms with E-state index in [0.717, 1.165) is 43.2 Å². The van der Waals surface area contributed by atoms with Crippen LogP contribution in [0.3, 0.4) is 0 Å². The number of urea groups is 1. The fourth-order valence-corrected chi connectivity index (χ4v) is 5.61. The highest BCUT2D eigenvalue weighted by Crippen LogP contribution is 2.44. The molecule has 2 aromatic carbocycles. The Hall–Kier alpha value is -3.02. The lowest BCUT2D eigenvalue weighted by molar-refractivity contribution is -0.148. The van der Waals surface area contributed by atoms with E-state index in [1.807, 2.05) is 40.1 Å². The normalized spacial score (nSPS) is 24.8. The van der Waals surface area contributed by atoms with Crippen molar-refractivity contribution < 1.29 is 14.7 Å². The Labute approximate surface area is 182 Å². The Morgan fingerprint density at radius 1 is 1.13 bits per heavy atom.